The van der Waals surface area contributed by atoms with Gasteiger partial charge in [-0.3, -0.25) is 4.79 Å². The molecule has 3 aromatic rings. The van der Waals surface area contributed by atoms with Crippen LogP contribution in [0.25, 0.3) is 11.1 Å². The van der Waals surface area contributed by atoms with Crippen molar-refractivity contribution in [1.82, 2.24) is 0 Å². The molecule has 0 amide bonds. The van der Waals surface area contributed by atoms with Crippen molar-refractivity contribution >= 4 is 5.78 Å². The molecule has 0 saturated carbocycles. The van der Waals surface area contributed by atoms with E-state index in [0.717, 1.165) is 16.9 Å². The van der Waals surface area contributed by atoms with Crippen LogP contribution in [0.5, 0.6) is 5.75 Å². The van der Waals surface area contributed by atoms with Gasteiger partial charge in [0, 0.05) is 16.7 Å². The second-order valence-electron chi connectivity index (χ2n) is 4.94. The number of para-hydroxylation sites is 1. The van der Waals surface area contributed by atoms with Crippen LogP contribution in [-0.2, 0) is 0 Å². The standard InChI is InChI=1S/C20H16O2/c1-22-19-14-8-7-12-17(19)16-11-5-6-13-18(16)20(21)15-9-3-2-4-10-15/h2-14H,1H3. The van der Waals surface area contributed by atoms with Gasteiger partial charge < -0.3 is 4.74 Å². The lowest BCUT2D eigenvalue weighted by atomic mass is 9.93. The van der Waals surface area contributed by atoms with E-state index in [4.69, 9.17) is 4.74 Å². The van der Waals surface area contributed by atoms with Crippen molar-refractivity contribution in [3.63, 3.8) is 0 Å². The number of rotatable bonds is 4. The van der Waals surface area contributed by atoms with Crippen molar-refractivity contribution in [3.05, 3.63) is 90.0 Å². The number of methoxy groups -OCH3 is 1. The van der Waals surface area contributed by atoms with Gasteiger partial charge >= 0.3 is 0 Å². The fourth-order valence-corrected chi connectivity index (χ4v) is 2.53. The Morgan fingerprint density at radius 1 is 0.727 bits per heavy atom. The van der Waals surface area contributed by atoms with Crippen LogP contribution in [0.3, 0.4) is 0 Å². The van der Waals surface area contributed by atoms with Gasteiger partial charge in [0.15, 0.2) is 5.78 Å². The van der Waals surface area contributed by atoms with E-state index >= 15 is 0 Å². The smallest absolute Gasteiger partial charge is 0.193 e. The molecule has 3 aromatic carbocycles. The fourth-order valence-electron chi connectivity index (χ4n) is 2.53. The Labute approximate surface area is 130 Å². The lowest BCUT2D eigenvalue weighted by Gasteiger charge is -2.12. The molecule has 0 atom stereocenters. The molecule has 0 aliphatic heterocycles. The van der Waals surface area contributed by atoms with Crippen LogP contribution in [0.15, 0.2) is 78.9 Å². The van der Waals surface area contributed by atoms with Gasteiger partial charge in [0.2, 0.25) is 0 Å². The molecule has 108 valence electrons. The Hall–Kier alpha value is -2.87. The van der Waals surface area contributed by atoms with Gasteiger partial charge in [0.05, 0.1) is 7.11 Å². The average Bonchev–Trinajstić information content (AvgIpc) is 2.62. The summed E-state index contributed by atoms with van der Waals surface area (Å²) in [7, 11) is 1.64. The molecule has 0 saturated heterocycles. The summed E-state index contributed by atoms with van der Waals surface area (Å²) < 4.78 is 5.43. The van der Waals surface area contributed by atoms with E-state index in [2.05, 4.69) is 0 Å². The highest BCUT2D eigenvalue weighted by Crippen LogP contribution is 2.32. The zero-order valence-corrected chi connectivity index (χ0v) is 12.3. The summed E-state index contributed by atoms with van der Waals surface area (Å²) >= 11 is 0. The molecule has 0 N–H and O–H groups in total. The van der Waals surface area contributed by atoms with Crippen molar-refractivity contribution < 1.29 is 9.53 Å². The molecular weight excluding hydrogens is 272 g/mol. The third kappa shape index (κ3) is 2.63. The van der Waals surface area contributed by atoms with Gasteiger partial charge in [-0.1, -0.05) is 72.8 Å². The van der Waals surface area contributed by atoms with Crippen molar-refractivity contribution in [2.75, 3.05) is 7.11 Å². The highest BCUT2D eigenvalue weighted by atomic mass is 16.5. The summed E-state index contributed by atoms with van der Waals surface area (Å²) in [5.41, 5.74) is 3.17. The first-order chi connectivity index (χ1) is 10.8. The number of carbonyl (C=O) groups is 1. The largest absolute Gasteiger partial charge is 0.496 e. The molecule has 0 aliphatic rings. The molecule has 0 aromatic heterocycles. The maximum atomic E-state index is 12.8. The summed E-state index contributed by atoms with van der Waals surface area (Å²) in [4.78, 5) is 12.8. The average molecular weight is 288 g/mol. The van der Waals surface area contributed by atoms with Crippen molar-refractivity contribution in [2.45, 2.75) is 0 Å². The minimum absolute atomic E-state index is 0.0158. The number of ketones is 1. The van der Waals surface area contributed by atoms with Crippen LogP contribution >= 0.6 is 0 Å². The van der Waals surface area contributed by atoms with Crippen molar-refractivity contribution in [1.29, 1.82) is 0 Å². The third-order valence-corrected chi connectivity index (χ3v) is 3.60. The number of hydrogen-bond donors (Lipinski definition) is 0. The highest BCUT2D eigenvalue weighted by molar-refractivity contribution is 6.13. The second kappa shape index (κ2) is 6.27. The van der Waals surface area contributed by atoms with Crippen LogP contribution in [0, 0.1) is 0 Å². The summed E-state index contributed by atoms with van der Waals surface area (Å²) in [6, 6.07) is 24.7. The monoisotopic (exact) mass is 288 g/mol. The molecule has 0 heterocycles. The molecule has 3 rings (SSSR count). The third-order valence-electron chi connectivity index (χ3n) is 3.60. The molecule has 0 spiro atoms. The SMILES string of the molecule is COc1ccccc1-c1ccccc1C(=O)c1ccccc1. The first-order valence-electron chi connectivity index (χ1n) is 7.13. The van der Waals surface area contributed by atoms with Crippen LogP contribution < -0.4 is 4.74 Å². The number of carbonyl (C=O) groups excluding carboxylic acids is 1. The molecule has 0 bridgehead atoms. The van der Waals surface area contributed by atoms with E-state index < -0.39 is 0 Å². The van der Waals surface area contributed by atoms with Gasteiger partial charge in [-0.25, -0.2) is 0 Å². The zero-order valence-electron chi connectivity index (χ0n) is 12.3. The van der Waals surface area contributed by atoms with E-state index in [1.54, 1.807) is 7.11 Å². The Bertz CT molecular complexity index is 792. The molecule has 0 aliphatic carbocycles. The Balaban J connectivity index is 2.13. The topological polar surface area (TPSA) is 26.3 Å². The summed E-state index contributed by atoms with van der Waals surface area (Å²) in [6.45, 7) is 0. The highest BCUT2D eigenvalue weighted by Gasteiger charge is 2.16. The van der Waals surface area contributed by atoms with E-state index in [-0.39, 0.29) is 5.78 Å². The Morgan fingerprint density at radius 2 is 1.32 bits per heavy atom. The zero-order chi connectivity index (χ0) is 15.4. The molecule has 2 nitrogen and oxygen atoms in total. The quantitative estimate of drug-likeness (QED) is 0.656. The van der Waals surface area contributed by atoms with E-state index in [9.17, 15) is 4.79 Å². The fraction of sp³-hybridized carbons (Fsp3) is 0.0500. The normalized spacial score (nSPS) is 10.2. The molecule has 2 heteroatoms. The lowest BCUT2D eigenvalue weighted by Crippen LogP contribution is -2.03. The molecule has 22 heavy (non-hydrogen) atoms. The van der Waals surface area contributed by atoms with Crippen molar-refractivity contribution in [3.8, 4) is 16.9 Å². The van der Waals surface area contributed by atoms with Crippen molar-refractivity contribution in [2.24, 2.45) is 0 Å². The Kier molecular flexibility index (Phi) is 4.01. The molecule has 0 radical (unpaired) electrons. The van der Waals surface area contributed by atoms with Crippen LogP contribution in [0.4, 0.5) is 0 Å². The van der Waals surface area contributed by atoms with Gasteiger partial charge in [0.1, 0.15) is 5.75 Å². The summed E-state index contributed by atoms with van der Waals surface area (Å²) in [6.07, 6.45) is 0. The number of benzene rings is 3. The predicted octanol–water partition coefficient (Wildman–Crippen LogP) is 4.59. The maximum absolute atomic E-state index is 12.8. The maximum Gasteiger partial charge on any atom is 0.193 e. The molecule has 0 fully saturated rings. The van der Waals surface area contributed by atoms with Gasteiger partial charge in [0.25, 0.3) is 0 Å². The minimum atomic E-state index is 0.0158. The van der Waals surface area contributed by atoms with Crippen LogP contribution in [0.1, 0.15) is 15.9 Å². The minimum Gasteiger partial charge on any atom is -0.496 e. The van der Waals surface area contributed by atoms with Gasteiger partial charge in [-0.05, 0) is 11.6 Å². The van der Waals surface area contributed by atoms with Gasteiger partial charge in [-0.2, -0.15) is 0 Å². The Morgan fingerprint density at radius 3 is 2.05 bits per heavy atom. The first kappa shape index (κ1) is 14.1. The number of hydrogen-bond acceptors (Lipinski definition) is 2. The molecule has 0 unspecified atom stereocenters. The van der Waals surface area contributed by atoms with E-state index in [0.29, 0.717) is 11.1 Å². The van der Waals surface area contributed by atoms with E-state index in [1.165, 1.54) is 0 Å². The van der Waals surface area contributed by atoms with Crippen LogP contribution in [-0.4, -0.2) is 12.9 Å². The number of ether oxygens (including phenoxy) is 1. The second-order valence-corrected chi connectivity index (χ2v) is 4.94. The lowest BCUT2D eigenvalue weighted by molar-refractivity contribution is 0.103. The predicted molar refractivity (Wildman–Crippen MR) is 88.3 cm³/mol. The van der Waals surface area contributed by atoms with Crippen LogP contribution in [0.2, 0.25) is 0 Å². The van der Waals surface area contributed by atoms with Gasteiger partial charge in [-0.15, -0.1) is 0 Å². The summed E-state index contributed by atoms with van der Waals surface area (Å²) in [5, 5.41) is 0. The first-order valence-corrected chi connectivity index (χ1v) is 7.13. The van der Waals surface area contributed by atoms with E-state index in [1.807, 2.05) is 78.9 Å². The summed E-state index contributed by atoms with van der Waals surface area (Å²) in [5.74, 6) is 0.776. The molecular formula is C20H16O2.